The summed E-state index contributed by atoms with van der Waals surface area (Å²) in [5.74, 6) is 1.18. The highest BCUT2D eigenvalue weighted by atomic mass is 35.5. The van der Waals surface area contributed by atoms with E-state index in [0.29, 0.717) is 29.7 Å². The number of carbonyl (C=O) groups excluding carboxylic acids is 1. The average molecular weight is 458 g/mol. The molecular weight excluding hydrogens is 438 g/mol. The van der Waals surface area contributed by atoms with Crippen LogP contribution in [0.2, 0.25) is 5.02 Å². The molecule has 10 heteroatoms. The smallest absolute Gasteiger partial charge is 0.325 e. The Morgan fingerprint density at radius 3 is 2.68 bits per heavy atom. The molecule has 0 spiro atoms. The molecular formula is C21H20ClN5O3S. The summed E-state index contributed by atoms with van der Waals surface area (Å²) in [6.45, 7) is 0.728. The molecule has 2 atom stereocenters. The lowest BCUT2D eigenvalue weighted by Gasteiger charge is -2.24. The number of carbonyl (C=O) groups is 1. The summed E-state index contributed by atoms with van der Waals surface area (Å²) in [4.78, 5) is 16.6. The topological polar surface area (TPSA) is 102 Å². The van der Waals surface area contributed by atoms with Gasteiger partial charge in [-0.25, -0.2) is 9.00 Å². The number of benzene rings is 2. The number of rotatable bonds is 7. The van der Waals surface area contributed by atoms with E-state index in [9.17, 15) is 9.00 Å². The van der Waals surface area contributed by atoms with E-state index in [1.807, 2.05) is 24.3 Å². The Bertz CT molecular complexity index is 1080. The van der Waals surface area contributed by atoms with Crippen LogP contribution in [0.5, 0.6) is 11.6 Å². The molecule has 1 aliphatic rings. The van der Waals surface area contributed by atoms with Crippen LogP contribution < -0.4 is 14.8 Å². The standard InChI is InChI=1S/C21H20ClN5O3S/c22-16-6-8-17(9-7-16)27-19(14-26(21(27)28)11-12-31(23)29)15-3-1-4-18(13-15)30-20-5-2-10-24-25-20/h1-10,13,19H,11-12,14,23H2. The lowest BCUT2D eigenvalue weighted by atomic mass is 10.1. The van der Waals surface area contributed by atoms with E-state index in [1.54, 1.807) is 52.4 Å². The van der Waals surface area contributed by atoms with Gasteiger partial charge in [0, 0.05) is 36.1 Å². The highest BCUT2D eigenvalue weighted by molar-refractivity contribution is 7.82. The summed E-state index contributed by atoms with van der Waals surface area (Å²) in [6.07, 6.45) is 1.57. The van der Waals surface area contributed by atoms with Crippen LogP contribution in [0.3, 0.4) is 0 Å². The molecule has 2 heterocycles. The molecule has 0 bridgehead atoms. The van der Waals surface area contributed by atoms with Gasteiger partial charge in [-0.15, -0.1) is 5.10 Å². The lowest BCUT2D eigenvalue weighted by Crippen LogP contribution is -2.35. The van der Waals surface area contributed by atoms with E-state index in [0.717, 1.165) is 11.3 Å². The summed E-state index contributed by atoms with van der Waals surface area (Å²) < 4.78 is 17.2. The maximum Gasteiger partial charge on any atom is 0.325 e. The number of anilines is 1. The summed E-state index contributed by atoms with van der Waals surface area (Å²) in [5.41, 5.74) is 1.61. The Morgan fingerprint density at radius 1 is 1.16 bits per heavy atom. The number of amides is 2. The van der Waals surface area contributed by atoms with Crippen molar-refractivity contribution in [2.75, 3.05) is 23.7 Å². The third kappa shape index (κ3) is 5.01. The minimum absolute atomic E-state index is 0.182. The number of hydrogen-bond donors (Lipinski definition) is 1. The second-order valence-electron chi connectivity index (χ2n) is 6.91. The number of halogens is 1. The van der Waals surface area contributed by atoms with Crippen LogP contribution in [0.15, 0.2) is 66.9 Å². The highest BCUT2D eigenvalue weighted by Gasteiger charge is 2.39. The van der Waals surface area contributed by atoms with Gasteiger partial charge in [0.05, 0.1) is 22.8 Å². The zero-order valence-electron chi connectivity index (χ0n) is 16.4. The van der Waals surface area contributed by atoms with Gasteiger partial charge in [-0.2, -0.15) is 5.10 Å². The number of nitrogens with zero attached hydrogens (tertiary/aromatic N) is 4. The molecule has 2 N–H and O–H groups in total. The minimum Gasteiger partial charge on any atom is -0.438 e. The second-order valence-corrected chi connectivity index (χ2v) is 8.52. The van der Waals surface area contributed by atoms with Gasteiger partial charge < -0.3 is 9.64 Å². The molecule has 4 rings (SSSR count). The summed E-state index contributed by atoms with van der Waals surface area (Å²) in [6, 6.07) is 17.6. The minimum atomic E-state index is -1.48. The van der Waals surface area contributed by atoms with Gasteiger partial charge in [0.15, 0.2) is 0 Å². The summed E-state index contributed by atoms with van der Waals surface area (Å²) in [5, 5.41) is 13.7. The highest BCUT2D eigenvalue weighted by Crippen LogP contribution is 2.36. The molecule has 1 aromatic heterocycles. The van der Waals surface area contributed by atoms with Crippen LogP contribution in [0.4, 0.5) is 10.5 Å². The number of urea groups is 1. The van der Waals surface area contributed by atoms with Gasteiger partial charge in [0.25, 0.3) is 0 Å². The van der Waals surface area contributed by atoms with Crippen molar-refractivity contribution >= 4 is 34.3 Å². The van der Waals surface area contributed by atoms with Crippen molar-refractivity contribution < 1.29 is 13.7 Å². The van der Waals surface area contributed by atoms with Crippen molar-refractivity contribution in [2.24, 2.45) is 5.14 Å². The molecule has 1 saturated heterocycles. The van der Waals surface area contributed by atoms with Crippen LogP contribution in [-0.4, -0.2) is 44.2 Å². The molecule has 2 unspecified atom stereocenters. The van der Waals surface area contributed by atoms with E-state index in [1.165, 1.54) is 0 Å². The molecule has 2 amide bonds. The zero-order valence-corrected chi connectivity index (χ0v) is 18.0. The predicted molar refractivity (Wildman–Crippen MR) is 119 cm³/mol. The Labute approximate surface area is 187 Å². The van der Waals surface area contributed by atoms with E-state index < -0.39 is 11.0 Å². The number of ether oxygens (including phenoxy) is 1. The van der Waals surface area contributed by atoms with Crippen molar-refractivity contribution in [1.29, 1.82) is 0 Å². The fraction of sp³-hybridized carbons (Fsp3) is 0.190. The fourth-order valence-corrected chi connectivity index (χ4v) is 3.96. The first-order chi connectivity index (χ1) is 15.0. The largest absolute Gasteiger partial charge is 0.438 e. The maximum absolute atomic E-state index is 13.2. The molecule has 2 aromatic carbocycles. The Balaban J connectivity index is 1.65. The van der Waals surface area contributed by atoms with Crippen LogP contribution >= 0.6 is 11.6 Å². The number of aromatic nitrogens is 2. The Morgan fingerprint density at radius 2 is 1.97 bits per heavy atom. The normalized spacial score (nSPS) is 17.1. The molecule has 0 saturated carbocycles. The van der Waals surface area contributed by atoms with Crippen LogP contribution in [0.25, 0.3) is 0 Å². The summed E-state index contributed by atoms with van der Waals surface area (Å²) >= 11 is 6.03. The molecule has 0 radical (unpaired) electrons. The van der Waals surface area contributed by atoms with Crippen LogP contribution in [-0.2, 0) is 11.0 Å². The molecule has 3 aromatic rings. The van der Waals surface area contributed by atoms with Gasteiger partial charge >= 0.3 is 6.03 Å². The van der Waals surface area contributed by atoms with Crippen molar-refractivity contribution in [2.45, 2.75) is 6.04 Å². The molecule has 160 valence electrons. The maximum atomic E-state index is 13.2. The SMILES string of the molecule is NS(=O)CCN1CC(c2cccc(Oc3cccnn3)c2)N(c2ccc(Cl)cc2)C1=O. The number of hydrogen-bond acceptors (Lipinski definition) is 5. The molecule has 1 aliphatic heterocycles. The first-order valence-corrected chi connectivity index (χ1v) is 11.3. The van der Waals surface area contributed by atoms with Crippen molar-refractivity contribution in [3.63, 3.8) is 0 Å². The fourth-order valence-electron chi connectivity index (χ4n) is 3.44. The first-order valence-electron chi connectivity index (χ1n) is 9.53. The van der Waals surface area contributed by atoms with Gasteiger partial charge in [-0.1, -0.05) is 23.7 Å². The molecule has 1 fully saturated rings. The third-order valence-corrected chi connectivity index (χ3v) is 5.70. The van der Waals surface area contributed by atoms with Gasteiger partial charge in [0.2, 0.25) is 5.88 Å². The second kappa shape index (κ2) is 9.42. The van der Waals surface area contributed by atoms with Gasteiger partial charge in [0.1, 0.15) is 5.75 Å². The monoisotopic (exact) mass is 457 g/mol. The first kappa shape index (κ1) is 21.2. The van der Waals surface area contributed by atoms with Gasteiger partial charge in [-0.3, -0.25) is 10.0 Å². The number of nitrogens with two attached hydrogens (primary N) is 1. The van der Waals surface area contributed by atoms with Gasteiger partial charge in [-0.05, 0) is 48.0 Å². The van der Waals surface area contributed by atoms with Crippen LogP contribution in [0, 0.1) is 0 Å². The zero-order chi connectivity index (χ0) is 21.8. The average Bonchev–Trinajstić information content (AvgIpc) is 3.10. The van der Waals surface area contributed by atoms with E-state index in [-0.39, 0.29) is 17.8 Å². The molecule has 0 aliphatic carbocycles. The quantitative estimate of drug-likeness (QED) is 0.584. The Kier molecular flexibility index (Phi) is 6.45. The molecule has 31 heavy (non-hydrogen) atoms. The summed E-state index contributed by atoms with van der Waals surface area (Å²) in [7, 11) is -1.48. The van der Waals surface area contributed by atoms with E-state index in [4.69, 9.17) is 21.5 Å². The van der Waals surface area contributed by atoms with E-state index in [2.05, 4.69) is 10.2 Å². The third-order valence-electron chi connectivity index (χ3n) is 4.86. The lowest BCUT2D eigenvalue weighted by molar-refractivity contribution is 0.223. The van der Waals surface area contributed by atoms with E-state index >= 15 is 0 Å². The predicted octanol–water partition coefficient (Wildman–Crippen LogP) is 3.53. The van der Waals surface area contributed by atoms with Crippen LogP contribution in [0.1, 0.15) is 11.6 Å². The molecule has 8 nitrogen and oxygen atoms in total. The van der Waals surface area contributed by atoms with Crippen molar-refractivity contribution in [1.82, 2.24) is 15.1 Å². The van der Waals surface area contributed by atoms with Crippen molar-refractivity contribution in [3.8, 4) is 11.6 Å². The van der Waals surface area contributed by atoms with Crippen molar-refractivity contribution in [3.05, 3.63) is 77.4 Å². The Hall–Kier alpha value is -3.01.